The number of nitrogens with zero attached hydrogens (tertiary/aromatic N) is 3. The lowest BCUT2D eigenvalue weighted by atomic mass is 10.2. The minimum Gasteiger partial charge on any atom is -0.481 e. The van der Waals surface area contributed by atoms with Crippen molar-refractivity contribution in [1.29, 1.82) is 5.26 Å². The fourth-order valence-electron chi connectivity index (χ4n) is 2.01. The van der Waals surface area contributed by atoms with Gasteiger partial charge in [0.25, 0.3) is 5.91 Å². The van der Waals surface area contributed by atoms with Gasteiger partial charge in [-0.1, -0.05) is 11.6 Å². The Hall–Kier alpha value is -2.52. The lowest BCUT2D eigenvalue weighted by Crippen LogP contribution is -2.14. The number of benzene rings is 1. The Kier molecular flexibility index (Phi) is 4.15. The third kappa shape index (κ3) is 2.83. The van der Waals surface area contributed by atoms with Crippen LogP contribution in [0.4, 0.5) is 5.69 Å². The summed E-state index contributed by atoms with van der Waals surface area (Å²) in [7, 11) is 3.17. The molecule has 0 aliphatic heterocycles. The summed E-state index contributed by atoms with van der Waals surface area (Å²) in [5, 5.41) is 16.1. The molecule has 0 bridgehead atoms. The molecule has 0 saturated carbocycles. The molecular formula is C14H13ClN4O2. The topological polar surface area (TPSA) is 79.9 Å². The third-order valence-corrected chi connectivity index (χ3v) is 3.26. The number of nitrogens with one attached hydrogen (secondary N) is 1. The first kappa shape index (κ1) is 14.9. The highest BCUT2D eigenvalue weighted by Crippen LogP contribution is 2.24. The second-order valence-electron chi connectivity index (χ2n) is 4.35. The molecule has 0 radical (unpaired) electrons. The average Bonchev–Trinajstić information content (AvgIpc) is 2.74. The molecule has 1 N–H and O–H groups in total. The molecule has 6 nitrogen and oxygen atoms in total. The van der Waals surface area contributed by atoms with Gasteiger partial charge in [0.15, 0.2) is 0 Å². The summed E-state index contributed by atoms with van der Waals surface area (Å²) in [5.41, 5.74) is 1.69. The number of rotatable bonds is 3. The van der Waals surface area contributed by atoms with Crippen LogP contribution in [-0.4, -0.2) is 22.8 Å². The zero-order chi connectivity index (χ0) is 15.6. The highest BCUT2D eigenvalue weighted by atomic mass is 35.5. The van der Waals surface area contributed by atoms with Crippen LogP contribution >= 0.6 is 11.6 Å². The molecule has 0 unspecified atom stereocenters. The number of aryl methyl sites for hydroxylation is 2. The average molecular weight is 305 g/mol. The molecule has 21 heavy (non-hydrogen) atoms. The van der Waals surface area contributed by atoms with Gasteiger partial charge in [0.1, 0.15) is 11.6 Å². The van der Waals surface area contributed by atoms with E-state index in [2.05, 4.69) is 10.4 Å². The van der Waals surface area contributed by atoms with E-state index in [0.29, 0.717) is 33.4 Å². The Balaban J connectivity index is 2.33. The second-order valence-corrected chi connectivity index (χ2v) is 4.76. The predicted octanol–water partition coefficient (Wildman–Crippen LogP) is 2.51. The van der Waals surface area contributed by atoms with Gasteiger partial charge >= 0.3 is 0 Å². The van der Waals surface area contributed by atoms with Crippen molar-refractivity contribution in [2.24, 2.45) is 7.05 Å². The molecule has 1 amide bonds. The Labute approximate surface area is 126 Å². The molecule has 0 spiro atoms. The largest absolute Gasteiger partial charge is 0.481 e. The van der Waals surface area contributed by atoms with Crippen molar-refractivity contribution in [3.05, 3.63) is 40.0 Å². The quantitative estimate of drug-likeness (QED) is 0.945. The summed E-state index contributed by atoms with van der Waals surface area (Å²) in [6, 6.07) is 6.66. The van der Waals surface area contributed by atoms with E-state index in [0.717, 1.165) is 0 Å². The molecule has 108 valence electrons. The van der Waals surface area contributed by atoms with Gasteiger partial charge in [-0.3, -0.25) is 4.79 Å². The number of hydrogen-bond acceptors (Lipinski definition) is 4. The lowest BCUT2D eigenvalue weighted by Gasteiger charge is -2.07. The molecule has 0 aliphatic rings. The fourth-order valence-corrected chi connectivity index (χ4v) is 2.17. The van der Waals surface area contributed by atoms with E-state index >= 15 is 0 Å². The molecule has 1 heterocycles. The zero-order valence-corrected chi connectivity index (χ0v) is 12.5. The van der Waals surface area contributed by atoms with Gasteiger partial charge < -0.3 is 10.1 Å². The number of aromatic nitrogens is 2. The Morgan fingerprint density at radius 3 is 2.86 bits per heavy atom. The maximum absolute atomic E-state index is 12.4. The summed E-state index contributed by atoms with van der Waals surface area (Å²) in [6.45, 7) is 1.72. The number of nitriles is 1. The van der Waals surface area contributed by atoms with E-state index in [4.69, 9.17) is 21.6 Å². The van der Waals surface area contributed by atoms with E-state index in [9.17, 15) is 4.79 Å². The first-order valence-electron chi connectivity index (χ1n) is 6.06. The van der Waals surface area contributed by atoms with E-state index in [-0.39, 0.29) is 5.91 Å². The number of halogens is 1. The molecule has 1 aromatic carbocycles. The van der Waals surface area contributed by atoms with E-state index in [1.54, 1.807) is 26.1 Å². The van der Waals surface area contributed by atoms with Gasteiger partial charge in [-0.25, -0.2) is 4.68 Å². The predicted molar refractivity (Wildman–Crippen MR) is 78.6 cm³/mol. The van der Waals surface area contributed by atoms with E-state index in [1.807, 2.05) is 6.07 Å². The first-order valence-corrected chi connectivity index (χ1v) is 6.44. The van der Waals surface area contributed by atoms with Crippen LogP contribution in [0.25, 0.3) is 0 Å². The van der Waals surface area contributed by atoms with Gasteiger partial charge in [-0.15, -0.1) is 0 Å². The smallest absolute Gasteiger partial charge is 0.263 e. The van der Waals surface area contributed by atoms with Crippen LogP contribution in [0.1, 0.15) is 21.6 Å². The van der Waals surface area contributed by atoms with Gasteiger partial charge in [0, 0.05) is 12.7 Å². The maximum Gasteiger partial charge on any atom is 0.263 e. The second kappa shape index (κ2) is 5.85. The Morgan fingerprint density at radius 2 is 2.24 bits per heavy atom. The highest BCUT2D eigenvalue weighted by Gasteiger charge is 2.21. The summed E-state index contributed by atoms with van der Waals surface area (Å²) >= 11 is 5.86. The normalized spacial score (nSPS) is 10.0. The number of hydrogen-bond donors (Lipinski definition) is 1. The number of anilines is 1. The summed E-state index contributed by atoms with van der Waals surface area (Å²) in [4.78, 5) is 12.4. The third-order valence-electron chi connectivity index (χ3n) is 2.93. The van der Waals surface area contributed by atoms with E-state index < -0.39 is 0 Å². The molecule has 0 atom stereocenters. The standard InChI is InChI=1S/C14H13ClN4O2/c1-8-12(14(21-3)19(2)18-8)13(20)17-10-4-5-11(15)9(6-10)7-16/h4-6H,1-3H3,(H,17,20). The van der Waals surface area contributed by atoms with Gasteiger partial charge in [0.2, 0.25) is 5.88 Å². The van der Waals surface area contributed by atoms with Crippen molar-refractivity contribution >= 4 is 23.2 Å². The summed E-state index contributed by atoms with van der Waals surface area (Å²) in [6.07, 6.45) is 0. The van der Waals surface area contributed by atoms with Crippen LogP contribution in [0.3, 0.4) is 0 Å². The Morgan fingerprint density at radius 1 is 1.52 bits per heavy atom. The van der Waals surface area contributed by atoms with Crippen molar-refractivity contribution < 1.29 is 9.53 Å². The van der Waals surface area contributed by atoms with Gasteiger partial charge in [0.05, 0.1) is 23.4 Å². The fraction of sp³-hybridized carbons (Fsp3) is 0.214. The summed E-state index contributed by atoms with van der Waals surface area (Å²) < 4.78 is 6.68. The molecule has 2 aromatic rings. The highest BCUT2D eigenvalue weighted by molar-refractivity contribution is 6.31. The minimum absolute atomic E-state index is 0.296. The maximum atomic E-state index is 12.4. The molecule has 1 aromatic heterocycles. The van der Waals surface area contributed by atoms with Crippen LogP contribution in [0.15, 0.2) is 18.2 Å². The van der Waals surface area contributed by atoms with E-state index in [1.165, 1.54) is 17.9 Å². The van der Waals surface area contributed by atoms with Crippen molar-refractivity contribution in [2.45, 2.75) is 6.92 Å². The monoisotopic (exact) mass is 304 g/mol. The molecule has 7 heteroatoms. The molecule has 0 fully saturated rings. The number of carbonyl (C=O) groups is 1. The zero-order valence-electron chi connectivity index (χ0n) is 11.8. The Bertz CT molecular complexity index is 746. The number of ether oxygens (including phenoxy) is 1. The van der Waals surface area contributed by atoms with Crippen LogP contribution in [-0.2, 0) is 7.05 Å². The molecule has 2 rings (SSSR count). The minimum atomic E-state index is -0.358. The molecule has 0 saturated heterocycles. The van der Waals surface area contributed by atoms with Crippen molar-refractivity contribution in [1.82, 2.24) is 9.78 Å². The lowest BCUT2D eigenvalue weighted by molar-refractivity contribution is 0.102. The van der Waals surface area contributed by atoms with Crippen LogP contribution < -0.4 is 10.1 Å². The molecule has 0 aliphatic carbocycles. The van der Waals surface area contributed by atoms with Gasteiger partial charge in [-0.05, 0) is 25.1 Å². The molecular weight excluding hydrogens is 292 g/mol. The number of carbonyl (C=O) groups excluding carboxylic acids is 1. The van der Waals surface area contributed by atoms with Gasteiger partial charge in [-0.2, -0.15) is 10.4 Å². The summed E-state index contributed by atoms with van der Waals surface area (Å²) in [5.74, 6) is 0.0168. The number of methoxy groups -OCH3 is 1. The number of amides is 1. The van der Waals surface area contributed by atoms with Crippen molar-refractivity contribution in [2.75, 3.05) is 12.4 Å². The van der Waals surface area contributed by atoms with Crippen LogP contribution in [0.2, 0.25) is 5.02 Å². The van der Waals surface area contributed by atoms with Crippen molar-refractivity contribution in [3.8, 4) is 11.9 Å². The van der Waals surface area contributed by atoms with Crippen LogP contribution in [0, 0.1) is 18.3 Å². The van der Waals surface area contributed by atoms with Crippen molar-refractivity contribution in [3.63, 3.8) is 0 Å². The SMILES string of the molecule is COc1c(C(=O)Nc2ccc(Cl)c(C#N)c2)c(C)nn1C. The van der Waals surface area contributed by atoms with Crippen LogP contribution in [0.5, 0.6) is 5.88 Å². The first-order chi connectivity index (χ1) is 9.97.